The SMILES string of the molecule is CN1C(N)=NC2(c3cc(NC(=O)c4ccc(F)cn4)ccc3F)COCCC2S1=O. The van der Waals surface area contributed by atoms with Gasteiger partial charge in [-0.2, -0.15) is 0 Å². The largest absolute Gasteiger partial charge is 0.378 e. The fourth-order valence-electron chi connectivity index (χ4n) is 3.63. The van der Waals surface area contributed by atoms with Gasteiger partial charge in [0.1, 0.15) is 33.9 Å². The van der Waals surface area contributed by atoms with Crippen LogP contribution >= 0.6 is 0 Å². The minimum atomic E-state index is -1.53. The number of aliphatic imine (C=N–C) groups is 1. The highest BCUT2D eigenvalue weighted by atomic mass is 32.2. The van der Waals surface area contributed by atoms with Crippen LogP contribution in [0, 0.1) is 11.6 Å². The molecule has 1 saturated heterocycles. The van der Waals surface area contributed by atoms with Crippen molar-refractivity contribution in [2.45, 2.75) is 17.2 Å². The van der Waals surface area contributed by atoms with Gasteiger partial charge >= 0.3 is 0 Å². The number of pyridine rings is 1. The van der Waals surface area contributed by atoms with Crippen molar-refractivity contribution in [1.82, 2.24) is 9.29 Å². The Morgan fingerprint density at radius 2 is 2.17 bits per heavy atom. The predicted octanol–water partition coefficient (Wildman–Crippen LogP) is 1.52. The maximum atomic E-state index is 14.9. The first kappa shape index (κ1) is 20.4. The number of fused-ring (bicyclic) bond motifs is 1. The second-order valence-corrected chi connectivity index (χ2v) is 8.68. The molecule has 3 N–H and O–H groups in total. The molecule has 3 unspecified atom stereocenters. The number of guanidine groups is 1. The van der Waals surface area contributed by atoms with Gasteiger partial charge in [-0.05, 0) is 36.8 Å². The van der Waals surface area contributed by atoms with E-state index in [1.807, 2.05) is 0 Å². The first-order valence-corrected chi connectivity index (χ1v) is 10.3. The molecule has 3 atom stereocenters. The second kappa shape index (κ2) is 7.73. The van der Waals surface area contributed by atoms with Gasteiger partial charge in [-0.3, -0.25) is 9.10 Å². The topological polar surface area (TPSA) is 110 Å². The Bertz CT molecular complexity index is 1050. The fraction of sp³-hybridized carbons (Fsp3) is 0.316. The molecule has 0 bridgehead atoms. The van der Waals surface area contributed by atoms with E-state index in [1.165, 1.54) is 28.6 Å². The lowest BCUT2D eigenvalue weighted by Gasteiger charge is -2.45. The molecular weight excluding hydrogens is 416 g/mol. The highest BCUT2D eigenvalue weighted by Gasteiger charge is 2.52. The molecule has 0 saturated carbocycles. The lowest BCUT2D eigenvalue weighted by atomic mass is 9.84. The van der Waals surface area contributed by atoms with Crippen LogP contribution in [-0.4, -0.2) is 50.9 Å². The Morgan fingerprint density at radius 1 is 1.37 bits per heavy atom. The summed E-state index contributed by atoms with van der Waals surface area (Å²) >= 11 is 0. The maximum Gasteiger partial charge on any atom is 0.274 e. The normalized spacial score (nSPS) is 26.0. The van der Waals surface area contributed by atoms with E-state index in [9.17, 15) is 17.8 Å². The molecule has 0 radical (unpaired) electrons. The molecule has 1 amide bonds. The number of anilines is 1. The minimum absolute atomic E-state index is 0.00183. The van der Waals surface area contributed by atoms with Crippen molar-refractivity contribution in [2.24, 2.45) is 10.7 Å². The Morgan fingerprint density at radius 3 is 2.90 bits per heavy atom. The molecule has 0 spiro atoms. The zero-order chi connectivity index (χ0) is 21.5. The van der Waals surface area contributed by atoms with Crippen molar-refractivity contribution in [3.8, 4) is 0 Å². The lowest BCUT2D eigenvalue weighted by Crippen LogP contribution is -2.58. The third kappa shape index (κ3) is 3.43. The molecule has 4 rings (SSSR count). The van der Waals surface area contributed by atoms with Gasteiger partial charge in [0, 0.05) is 24.9 Å². The number of nitrogens with one attached hydrogen (secondary N) is 1. The van der Waals surface area contributed by atoms with Crippen molar-refractivity contribution in [1.29, 1.82) is 0 Å². The molecule has 1 fully saturated rings. The van der Waals surface area contributed by atoms with Crippen LogP contribution in [0.15, 0.2) is 41.5 Å². The summed E-state index contributed by atoms with van der Waals surface area (Å²) in [5.41, 5.74) is 5.08. The number of hydrogen-bond donors (Lipinski definition) is 2. The Hall–Kier alpha value is -2.92. The summed E-state index contributed by atoms with van der Waals surface area (Å²) < 4.78 is 47.8. The summed E-state index contributed by atoms with van der Waals surface area (Å²) in [5.74, 6) is -1.72. The van der Waals surface area contributed by atoms with Gasteiger partial charge in [0.05, 0.1) is 18.1 Å². The van der Waals surface area contributed by atoms with Crippen LogP contribution in [0.2, 0.25) is 0 Å². The number of hydrogen-bond acceptors (Lipinski definition) is 6. The third-order valence-corrected chi connectivity index (χ3v) is 7.02. The van der Waals surface area contributed by atoms with Crippen LogP contribution in [0.1, 0.15) is 22.5 Å². The van der Waals surface area contributed by atoms with Gasteiger partial charge in [-0.15, -0.1) is 0 Å². The van der Waals surface area contributed by atoms with Crippen molar-refractivity contribution in [2.75, 3.05) is 25.6 Å². The van der Waals surface area contributed by atoms with E-state index in [1.54, 1.807) is 7.05 Å². The van der Waals surface area contributed by atoms with E-state index in [2.05, 4.69) is 15.3 Å². The van der Waals surface area contributed by atoms with E-state index in [0.29, 0.717) is 13.0 Å². The average Bonchev–Trinajstić information content (AvgIpc) is 2.74. The van der Waals surface area contributed by atoms with Crippen molar-refractivity contribution in [3.63, 3.8) is 0 Å². The molecule has 30 heavy (non-hydrogen) atoms. The van der Waals surface area contributed by atoms with Crippen molar-refractivity contribution < 1.29 is 22.5 Å². The smallest absolute Gasteiger partial charge is 0.274 e. The van der Waals surface area contributed by atoms with E-state index in [4.69, 9.17) is 10.5 Å². The maximum absolute atomic E-state index is 14.9. The summed E-state index contributed by atoms with van der Waals surface area (Å²) in [6.07, 6.45) is 1.34. The highest BCUT2D eigenvalue weighted by molar-refractivity contribution is 7.84. The highest BCUT2D eigenvalue weighted by Crippen LogP contribution is 2.42. The van der Waals surface area contributed by atoms with Crippen LogP contribution in [0.25, 0.3) is 0 Å². The molecular formula is C19H19F2N5O3S. The van der Waals surface area contributed by atoms with Crippen LogP contribution in [0.3, 0.4) is 0 Å². The number of carbonyl (C=O) groups excluding carboxylic acids is 1. The molecule has 3 heterocycles. The van der Waals surface area contributed by atoms with Crippen LogP contribution in [-0.2, 0) is 21.3 Å². The summed E-state index contributed by atoms with van der Waals surface area (Å²) in [5, 5.41) is 2.07. The summed E-state index contributed by atoms with van der Waals surface area (Å²) in [4.78, 5) is 20.6. The number of ether oxygens (including phenoxy) is 1. The molecule has 2 aliphatic rings. The Labute approximate surface area is 173 Å². The van der Waals surface area contributed by atoms with E-state index >= 15 is 0 Å². The van der Waals surface area contributed by atoms with Gasteiger partial charge in [0.25, 0.3) is 5.91 Å². The van der Waals surface area contributed by atoms with Gasteiger partial charge in [0.15, 0.2) is 0 Å². The van der Waals surface area contributed by atoms with E-state index < -0.39 is 39.3 Å². The summed E-state index contributed by atoms with van der Waals surface area (Å²) in [6.45, 7) is 0.376. The third-order valence-electron chi connectivity index (χ3n) is 5.18. The number of amides is 1. The quantitative estimate of drug-likeness (QED) is 0.760. The molecule has 8 nitrogen and oxygen atoms in total. The Balaban J connectivity index is 1.73. The predicted molar refractivity (Wildman–Crippen MR) is 107 cm³/mol. The first-order valence-electron chi connectivity index (χ1n) is 9.12. The zero-order valence-electron chi connectivity index (χ0n) is 16.0. The standard InChI is InChI=1S/C19H19F2N5O3S/c1-26-18(22)25-19(10-29-7-6-16(19)30(26)28)13-8-12(3-4-14(13)21)24-17(27)15-5-2-11(20)9-23-15/h2-5,8-9,16H,6-7,10H2,1H3,(H2,22,25)(H,24,27). The number of nitrogens with two attached hydrogens (primary N) is 1. The number of rotatable bonds is 3. The molecule has 0 aliphatic carbocycles. The number of halogens is 2. The van der Waals surface area contributed by atoms with Gasteiger partial charge < -0.3 is 15.8 Å². The Kier molecular flexibility index (Phi) is 5.24. The number of benzene rings is 1. The number of aromatic nitrogens is 1. The van der Waals surface area contributed by atoms with Crippen LogP contribution in [0.5, 0.6) is 0 Å². The summed E-state index contributed by atoms with van der Waals surface area (Å²) in [7, 11) is 0.0355. The molecule has 11 heteroatoms. The average molecular weight is 435 g/mol. The van der Waals surface area contributed by atoms with Gasteiger partial charge in [-0.25, -0.2) is 23.0 Å². The second-order valence-electron chi connectivity index (χ2n) is 7.01. The minimum Gasteiger partial charge on any atom is -0.378 e. The lowest BCUT2D eigenvalue weighted by molar-refractivity contribution is 0.0375. The molecule has 1 aromatic carbocycles. The van der Waals surface area contributed by atoms with Crippen molar-refractivity contribution >= 4 is 28.5 Å². The van der Waals surface area contributed by atoms with Crippen LogP contribution < -0.4 is 11.1 Å². The zero-order valence-corrected chi connectivity index (χ0v) is 16.8. The van der Waals surface area contributed by atoms with Gasteiger partial charge in [0.2, 0.25) is 5.96 Å². The van der Waals surface area contributed by atoms with Crippen molar-refractivity contribution in [3.05, 3.63) is 59.4 Å². The number of carbonyl (C=O) groups is 1. The molecule has 158 valence electrons. The molecule has 2 aromatic rings. The van der Waals surface area contributed by atoms with Gasteiger partial charge in [-0.1, -0.05) is 0 Å². The first-order chi connectivity index (χ1) is 14.3. The van der Waals surface area contributed by atoms with E-state index in [0.717, 1.165) is 12.3 Å². The molecule has 1 aromatic heterocycles. The fourth-order valence-corrected chi connectivity index (χ4v) is 5.12. The van der Waals surface area contributed by atoms with Crippen LogP contribution in [0.4, 0.5) is 14.5 Å². The van der Waals surface area contributed by atoms with E-state index in [-0.39, 0.29) is 29.5 Å². The monoisotopic (exact) mass is 435 g/mol. The summed E-state index contributed by atoms with van der Waals surface area (Å²) in [6, 6.07) is 6.36. The molecule has 2 aliphatic heterocycles. The number of nitrogens with zero attached hydrogens (tertiary/aromatic N) is 3.